The molecule has 2 aromatic rings. The van der Waals surface area contributed by atoms with Crippen LogP contribution in [0.15, 0.2) is 40.9 Å². The maximum Gasteiger partial charge on any atom is 0.261 e. The van der Waals surface area contributed by atoms with Crippen molar-refractivity contribution >= 4 is 33.7 Å². The molecule has 1 heterocycles. The Morgan fingerprint density at radius 3 is 2.58 bits per heavy atom. The SMILES string of the molecule is CN1C(=O)c2ccc(C(=O)NCc3cc(Br)ccc3F)cc2C1=O. The topological polar surface area (TPSA) is 66.5 Å². The summed E-state index contributed by atoms with van der Waals surface area (Å²) in [7, 11) is 1.39. The van der Waals surface area contributed by atoms with Crippen LogP contribution in [0.25, 0.3) is 0 Å². The van der Waals surface area contributed by atoms with E-state index in [1.807, 2.05) is 0 Å². The van der Waals surface area contributed by atoms with Gasteiger partial charge in [0.2, 0.25) is 0 Å². The number of amides is 3. The molecule has 0 spiro atoms. The molecule has 3 rings (SSSR count). The van der Waals surface area contributed by atoms with Gasteiger partial charge in [-0.1, -0.05) is 15.9 Å². The minimum absolute atomic E-state index is 0.00791. The summed E-state index contributed by atoms with van der Waals surface area (Å²) in [4.78, 5) is 37.0. The maximum absolute atomic E-state index is 13.7. The number of fused-ring (bicyclic) bond motifs is 1. The summed E-state index contributed by atoms with van der Waals surface area (Å²) in [5.74, 6) is -1.71. The number of hydrogen-bond acceptors (Lipinski definition) is 3. The van der Waals surface area contributed by atoms with E-state index in [0.29, 0.717) is 10.0 Å². The summed E-state index contributed by atoms with van der Waals surface area (Å²) >= 11 is 3.25. The van der Waals surface area contributed by atoms with Crippen molar-refractivity contribution in [3.8, 4) is 0 Å². The molecule has 0 atom stereocenters. The zero-order chi connectivity index (χ0) is 17.4. The van der Waals surface area contributed by atoms with Crippen LogP contribution in [0, 0.1) is 5.82 Å². The molecule has 5 nitrogen and oxygen atoms in total. The number of hydrogen-bond donors (Lipinski definition) is 1. The van der Waals surface area contributed by atoms with Crippen LogP contribution in [0.4, 0.5) is 4.39 Å². The van der Waals surface area contributed by atoms with Gasteiger partial charge in [0, 0.05) is 29.2 Å². The molecule has 7 heteroatoms. The normalized spacial score (nSPS) is 13.2. The Bertz CT molecular complexity index is 882. The largest absolute Gasteiger partial charge is 0.348 e. The van der Waals surface area contributed by atoms with E-state index in [4.69, 9.17) is 0 Å². The summed E-state index contributed by atoms with van der Waals surface area (Å²) in [5.41, 5.74) is 1.05. The van der Waals surface area contributed by atoms with Crippen LogP contribution in [0.3, 0.4) is 0 Å². The van der Waals surface area contributed by atoms with Gasteiger partial charge in [-0.05, 0) is 36.4 Å². The van der Waals surface area contributed by atoms with Crippen molar-refractivity contribution in [1.29, 1.82) is 0 Å². The fourth-order valence-electron chi connectivity index (χ4n) is 2.46. The number of nitrogens with zero attached hydrogens (tertiary/aromatic N) is 1. The molecule has 24 heavy (non-hydrogen) atoms. The van der Waals surface area contributed by atoms with Gasteiger partial charge in [0.05, 0.1) is 11.1 Å². The third-order valence-electron chi connectivity index (χ3n) is 3.80. The molecule has 0 bridgehead atoms. The maximum atomic E-state index is 13.7. The van der Waals surface area contributed by atoms with Crippen molar-refractivity contribution in [3.63, 3.8) is 0 Å². The van der Waals surface area contributed by atoms with E-state index in [1.54, 1.807) is 12.1 Å². The third kappa shape index (κ3) is 2.82. The van der Waals surface area contributed by atoms with Gasteiger partial charge in [0.15, 0.2) is 0 Å². The van der Waals surface area contributed by atoms with Crippen molar-refractivity contribution in [1.82, 2.24) is 10.2 Å². The van der Waals surface area contributed by atoms with Gasteiger partial charge in [-0.2, -0.15) is 0 Å². The molecular formula is C17H12BrFN2O3. The molecule has 122 valence electrons. The van der Waals surface area contributed by atoms with Crippen molar-refractivity contribution in [2.24, 2.45) is 0 Å². The summed E-state index contributed by atoms with van der Waals surface area (Å²) in [6.45, 7) is 0.00791. The second-order valence-corrected chi connectivity index (χ2v) is 6.26. The molecule has 0 unspecified atom stereocenters. The molecule has 3 amide bonds. The molecular weight excluding hydrogens is 379 g/mol. The van der Waals surface area contributed by atoms with Gasteiger partial charge < -0.3 is 5.32 Å². The Morgan fingerprint density at radius 1 is 1.12 bits per heavy atom. The molecule has 1 aliphatic rings. The Balaban J connectivity index is 1.78. The van der Waals surface area contributed by atoms with Gasteiger partial charge in [0.1, 0.15) is 5.82 Å². The number of halogens is 2. The zero-order valence-corrected chi connectivity index (χ0v) is 14.2. The van der Waals surface area contributed by atoms with Crippen LogP contribution in [0.2, 0.25) is 0 Å². The van der Waals surface area contributed by atoms with E-state index in [2.05, 4.69) is 21.2 Å². The summed E-state index contributed by atoms with van der Waals surface area (Å²) in [6, 6.07) is 8.76. The van der Waals surface area contributed by atoms with Gasteiger partial charge in [0.25, 0.3) is 17.7 Å². The number of imide groups is 1. The Morgan fingerprint density at radius 2 is 1.83 bits per heavy atom. The predicted octanol–water partition coefficient (Wildman–Crippen LogP) is 2.74. The monoisotopic (exact) mass is 390 g/mol. The first-order valence-corrected chi connectivity index (χ1v) is 7.86. The first kappa shape index (κ1) is 16.3. The lowest BCUT2D eigenvalue weighted by molar-refractivity contribution is 0.0693. The smallest absolute Gasteiger partial charge is 0.261 e. The first-order chi connectivity index (χ1) is 11.4. The first-order valence-electron chi connectivity index (χ1n) is 7.07. The molecule has 0 saturated carbocycles. The molecule has 0 aliphatic carbocycles. The number of benzene rings is 2. The minimum Gasteiger partial charge on any atom is -0.348 e. The Labute approximate surface area is 145 Å². The lowest BCUT2D eigenvalue weighted by Gasteiger charge is -2.07. The molecule has 1 N–H and O–H groups in total. The number of carbonyl (C=O) groups excluding carboxylic acids is 3. The van der Waals surface area contributed by atoms with Gasteiger partial charge in [-0.15, -0.1) is 0 Å². The average Bonchev–Trinajstić information content (AvgIpc) is 2.79. The number of carbonyl (C=O) groups is 3. The lowest BCUT2D eigenvalue weighted by atomic mass is 10.1. The Hall–Kier alpha value is -2.54. The second kappa shape index (κ2) is 6.16. The standard InChI is InChI=1S/C17H12BrFN2O3/c1-21-16(23)12-4-2-9(7-13(12)17(21)24)15(22)20-8-10-6-11(18)3-5-14(10)19/h2-7H,8H2,1H3,(H,20,22). The van der Waals surface area contributed by atoms with E-state index in [1.165, 1.54) is 31.3 Å². The highest BCUT2D eigenvalue weighted by Crippen LogP contribution is 2.23. The van der Waals surface area contributed by atoms with Gasteiger partial charge in [-0.25, -0.2) is 4.39 Å². The fraction of sp³-hybridized carbons (Fsp3) is 0.118. The van der Waals surface area contributed by atoms with E-state index in [-0.39, 0.29) is 23.2 Å². The third-order valence-corrected chi connectivity index (χ3v) is 4.29. The molecule has 0 aromatic heterocycles. The van der Waals surface area contributed by atoms with E-state index >= 15 is 0 Å². The van der Waals surface area contributed by atoms with Crippen LogP contribution in [0.1, 0.15) is 36.6 Å². The number of nitrogens with one attached hydrogen (secondary N) is 1. The molecule has 0 saturated heterocycles. The molecule has 0 fully saturated rings. The predicted molar refractivity (Wildman–Crippen MR) is 88.1 cm³/mol. The van der Waals surface area contributed by atoms with E-state index < -0.39 is 23.5 Å². The summed E-state index contributed by atoms with van der Waals surface area (Å²) < 4.78 is 14.4. The zero-order valence-electron chi connectivity index (χ0n) is 12.6. The van der Waals surface area contributed by atoms with Crippen LogP contribution in [0.5, 0.6) is 0 Å². The highest BCUT2D eigenvalue weighted by Gasteiger charge is 2.33. The van der Waals surface area contributed by atoms with Gasteiger partial charge >= 0.3 is 0 Å². The van der Waals surface area contributed by atoms with Crippen LogP contribution in [-0.2, 0) is 6.54 Å². The highest BCUT2D eigenvalue weighted by atomic mass is 79.9. The van der Waals surface area contributed by atoms with Crippen LogP contribution < -0.4 is 5.32 Å². The number of rotatable bonds is 3. The van der Waals surface area contributed by atoms with Crippen molar-refractivity contribution in [3.05, 3.63) is 68.9 Å². The summed E-state index contributed by atoms with van der Waals surface area (Å²) in [6.07, 6.45) is 0. The summed E-state index contributed by atoms with van der Waals surface area (Å²) in [5, 5.41) is 2.60. The van der Waals surface area contributed by atoms with Crippen molar-refractivity contribution < 1.29 is 18.8 Å². The van der Waals surface area contributed by atoms with Gasteiger partial charge in [-0.3, -0.25) is 19.3 Å². The van der Waals surface area contributed by atoms with E-state index in [9.17, 15) is 18.8 Å². The van der Waals surface area contributed by atoms with E-state index in [0.717, 1.165) is 4.90 Å². The van der Waals surface area contributed by atoms with Crippen LogP contribution >= 0.6 is 15.9 Å². The fourth-order valence-corrected chi connectivity index (χ4v) is 2.87. The molecule has 2 aromatic carbocycles. The quantitative estimate of drug-likeness (QED) is 0.819. The molecule has 0 radical (unpaired) electrons. The highest BCUT2D eigenvalue weighted by molar-refractivity contribution is 9.10. The van der Waals surface area contributed by atoms with Crippen LogP contribution in [-0.4, -0.2) is 29.7 Å². The molecule has 1 aliphatic heterocycles. The van der Waals surface area contributed by atoms with Crippen molar-refractivity contribution in [2.75, 3.05) is 7.05 Å². The minimum atomic E-state index is -0.452. The Kier molecular flexibility index (Phi) is 4.19. The average molecular weight is 391 g/mol. The second-order valence-electron chi connectivity index (χ2n) is 5.35. The lowest BCUT2D eigenvalue weighted by Crippen LogP contribution is -2.24. The van der Waals surface area contributed by atoms with Crippen molar-refractivity contribution in [2.45, 2.75) is 6.54 Å².